The highest BCUT2D eigenvalue weighted by atomic mass is 15.2. The van der Waals surface area contributed by atoms with E-state index in [2.05, 4.69) is 25.7 Å². The fraction of sp³-hybridized carbons (Fsp3) is 1.00. The van der Waals surface area contributed by atoms with Crippen LogP contribution in [0.3, 0.4) is 0 Å². The lowest BCUT2D eigenvalue weighted by molar-refractivity contribution is 0.0836. The first kappa shape index (κ1) is 12.4. The lowest BCUT2D eigenvalue weighted by Crippen LogP contribution is -2.42. The molecule has 0 aromatic rings. The lowest BCUT2D eigenvalue weighted by atomic mass is 9.76. The van der Waals surface area contributed by atoms with E-state index in [1.54, 1.807) is 6.42 Å². The summed E-state index contributed by atoms with van der Waals surface area (Å²) in [6, 6.07) is 0.755. The fourth-order valence-corrected chi connectivity index (χ4v) is 3.95. The minimum atomic E-state index is 0.755. The Balaban J connectivity index is 1.84. The minimum Gasteiger partial charge on any atom is -0.301 e. The van der Waals surface area contributed by atoms with Crippen molar-refractivity contribution in [3.63, 3.8) is 0 Å². The van der Waals surface area contributed by atoms with E-state index in [-0.39, 0.29) is 0 Å². The molecule has 16 heavy (non-hydrogen) atoms. The number of hydrogen-bond acceptors (Lipinski definition) is 1. The SMILES string of the molecule is CCCC1CCC2(CCN(C(C)C)CC2)C1. The highest BCUT2D eigenvalue weighted by Gasteiger charge is 2.40. The van der Waals surface area contributed by atoms with E-state index < -0.39 is 0 Å². The molecule has 0 N–H and O–H groups in total. The van der Waals surface area contributed by atoms with Crippen molar-refractivity contribution in [1.82, 2.24) is 4.90 Å². The number of piperidine rings is 1. The van der Waals surface area contributed by atoms with Crippen molar-refractivity contribution in [1.29, 1.82) is 0 Å². The summed E-state index contributed by atoms with van der Waals surface area (Å²) in [7, 11) is 0. The van der Waals surface area contributed by atoms with E-state index in [4.69, 9.17) is 0 Å². The van der Waals surface area contributed by atoms with Crippen molar-refractivity contribution >= 4 is 0 Å². The van der Waals surface area contributed by atoms with Crippen LogP contribution in [0, 0.1) is 11.3 Å². The molecule has 2 fully saturated rings. The Hall–Kier alpha value is -0.0400. The van der Waals surface area contributed by atoms with Crippen LogP contribution in [0.1, 0.15) is 65.7 Å². The maximum Gasteiger partial charge on any atom is 0.00385 e. The van der Waals surface area contributed by atoms with Crippen LogP contribution in [0.15, 0.2) is 0 Å². The standard InChI is InChI=1S/C15H29N/c1-4-5-14-6-7-15(12-14)8-10-16(11-9-15)13(2)3/h13-14H,4-12H2,1-3H3. The van der Waals surface area contributed by atoms with E-state index in [0.29, 0.717) is 0 Å². The summed E-state index contributed by atoms with van der Waals surface area (Å²) in [5, 5.41) is 0. The molecule has 1 spiro atoms. The molecule has 1 aliphatic carbocycles. The van der Waals surface area contributed by atoms with Gasteiger partial charge in [-0.1, -0.05) is 19.8 Å². The zero-order valence-electron chi connectivity index (χ0n) is 11.5. The van der Waals surface area contributed by atoms with Gasteiger partial charge in [-0.05, 0) is 70.4 Å². The van der Waals surface area contributed by atoms with Gasteiger partial charge in [-0.15, -0.1) is 0 Å². The Morgan fingerprint density at radius 3 is 2.44 bits per heavy atom. The summed E-state index contributed by atoms with van der Waals surface area (Å²) >= 11 is 0. The van der Waals surface area contributed by atoms with Crippen LogP contribution in [-0.2, 0) is 0 Å². The van der Waals surface area contributed by atoms with Gasteiger partial charge in [-0.3, -0.25) is 0 Å². The third-order valence-corrected chi connectivity index (χ3v) is 5.09. The topological polar surface area (TPSA) is 3.24 Å². The predicted octanol–water partition coefficient (Wildman–Crippen LogP) is 4.08. The highest BCUT2D eigenvalue weighted by molar-refractivity contribution is 4.93. The molecule has 1 saturated heterocycles. The Morgan fingerprint density at radius 1 is 1.19 bits per heavy atom. The molecule has 2 rings (SSSR count). The van der Waals surface area contributed by atoms with Gasteiger partial charge in [0.1, 0.15) is 0 Å². The predicted molar refractivity (Wildman–Crippen MR) is 70.6 cm³/mol. The van der Waals surface area contributed by atoms with Crippen LogP contribution in [0.2, 0.25) is 0 Å². The van der Waals surface area contributed by atoms with Gasteiger partial charge in [-0.2, -0.15) is 0 Å². The highest BCUT2D eigenvalue weighted by Crippen LogP contribution is 2.50. The molecule has 1 aliphatic heterocycles. The van der Waals surface area contributed by atoms with Crippen molar-refractivity contribution in [2.45, 2.75) is 71.8 Å². The van der Waals surface area contributed by atoms with Gasteiger partial charge in [0.05, 0.1) is 0 Å². The molecule has 0 aromatic carbocycles. The Bertz CT molecular complexity index is 213. The van der Waals surface area contributed by atoms with Crippen LogP contribution in [0.5, 0.6) is 0 Å². The average molecular weight is 223 g/mol. The monoisotopic (exact) mass is 223 g/mol. The van der Waals surface area contributed by atoms with Gasteiger partial charge >= 0.3 is 0 Å². The number of rotatable bonds is 3. The second-order valence-electron chi connectivity index (χ2n) is 6.53. The Labute approximate surface area is 102 Å². The van der Waals surface area contributed by atoms with Gasteiger partial charge < -0.3 is 4.90 Å². The van der Waals surface area contributed by atoms with Gasteiger partial charge in [0.25, 0.3) is 0 Å². The molecular weight excluding hydrogens is 194 g/mol. The molecule has 0 aromatic heterocycles. The number of hydrogen-bond donors (Lipinski definition) is 0. The van der Waals surface area contributed by atoms with Gasteiger partial charge in [0.15, 0.2) is 0 Å². The molecule has 1 heterocycles. The average Bonchev–Trinajstić information content (AvgIpc) is 2.63. The van der Waals surface area contributed by atoms with E-state index in [9.17, 15) is 0 Å². The molecule has 1 heteroatoms. The first-order valence-corrected chi connectivity index (χ1v) is 7.39. The zero-order chi connectivity index (χ0) is 11.6. The first-order chi connectivity index (χ1) is 7.65. The van der Waals surface area contributed by atoms with Crippen molar-refractivity contribution in [2.75, 3.05) is 13.1 Å². The lowest BCUT2D eigenvalue weighted by Gasteiger charge is -2.41. The Morgan fingerprint density at radius 2 is 1.88 bits per heavy atom. The summed E-state index contributed by atoms with van der Waals surface area (Å²) in [6.07, 6.45) is 10.4. The first-order valence-electron chi connectivity index (χ1n) is 7.39. The van der Waals surface area contributed by atoms with Gasteiger partial charge in [-0.25, -0.2) is 0 Å². The van der Waals surface area contributed by atoms with Crippen LogP contribution in [0.25, 0.3) is 0 Å². The van der Waals surface area contributed by atoms with Crippen molar-refractivity contribution < 1.29 is 0 Å². The summed E-state index contributed by atoms with van der Waals surface area (Å²) in [5.74, 6) is 1.07. The number of nitrogens with zero attached hydrogens (tertiary/aromatic N) is 1. The maximum atomic E-state index is 2.67. The van der Waals surface area contributed by atoms with Crippen LogP contribution < -0.4 is 0 Å². The van der Waals surface area contributed by atoms with Gasteiger partial charge in [0.2, 0.25) is 0 Å². The summed E-state index contributed by atoms with van der Waals surface area (Å²) < 4.78 is 0. The normalized spacial score (nSPS) is 30.4. The smallest absolute Gasteiger partial charge is 0.00385 e. The van der Waals surface area contributed by atoms with Crippen LogP contribution in [-0.4, -0.2) is 24.0 Å². The largest absolute Gasteiger partial charge is 0.301 e. The van der Waals surface area contributed by atoms with E-state index in [0.717, 1.165) is 17.4 Å². The molecule has 0 amide bonds. The quantitative estimate of drug-likeness (QED) is 0.697. The molecule has 2 aliphatic rings. The van der Waals surface area contributed by atoms with Crippen molar-refractivity contribution in [3.8, 4) is 0 Å². The summed E-state index contributed by atoms with van der Waals surface area (Å²) in [4.78, 5) is 2.67. The molecule has 0 bridgehead atoms. The van der Waals surface area contributed by atoms with Crippen molar-refractivity contribution in [2.24, 2.45) is 11.3 Å². The molecule has 1 saturated carbocycles. The second kappa shape index (κ2) is 5.08. The maximum absolute atomic E-state index is 2.67. The van der Waals surface area contributed by atoms with Crippen LogP contribution in [0.4, 0.5) is 0 Å². The van der Waals surface area contributed by atoms with Crippen LogP contribution >= 0.6 is 0 Å². The van der Waals surface area contributed by atoms with E-state index in [1.165, 1.54) is 51.6 Å². The third-order valence-electron chi connectivity index (χ3n) is 5.09. The minimum absolute atomic E-state index is 0.755. The molecule has 94 valence electrons. The molecule has 1 unspecified atom stereocenters. The zero-order valence-corrected chi connectivity index (χ0v) is 11.5. The second-order valence-corrected chi connectivity index (χ2v) is 6.53. The fourth-order valence-electron chi connectivity index (χ4n) is 3.95. The summed E-state index contributed by atoms with van der Waals surface area (Å²) in [6.45, 7) is 9.73. The molecule has 0 radical (unpaired) electrons. The molecule has 1 atom stereocenters. The van der Waals surface area contributed by atoms with E-state index >= 15 is 0 Å². The summed E-state index contributed by atoms with van der Waals surface area (Å²) in [5.41, 5.74) is 0.769. The van der Waals surface area contributed by atoms with E-state index in [1.807, 2.05) is 0 Å². The van der Waals surface area contributed by atoms with Gasteiger partial charge in [0, 0.05) is 6.04 Å². The Kier molecular flexibility index (Phi) is 3.94. The number of likely N-dealkylation sites (tertiary alicyclic amines) is 1. The molecule has 1 nitrogen and oxygen atoms in total. The molecular formula is C15H29N. The third kappa shape index (κ3) is 2.61. The van der Waals surface area contributed by atoms with Crippen molar-refractivity contribution in [3.05, 3.63) is 0 Å².